The second-order valence-electron chi connectivity index (χ2n) is 8.82. The van der Waals surface area contributed by atoms with Crippen molar-refractivity contribution < 1.29 is 22.8 Å². The lowest BCUT2D eigenvalue weighted by Gasteiger charge is -2.45. The zero-order valence-corrected chi connectivity index (χ0v) is 18.6. The number of rotatable bonds is 6. The first-order valence-corrected chi connectivity index (χ1v) is 11.4. The summed E-state index contributed by atoms with van der Waals surface area (Å²) in [4.78, 5) is 38.7. The van der Waals surface area contributed by atoms with Gasteiger partial charge in [-0.1, -0.05) is 6.07 Å². The third-order valence-electron chi connectivity index (χ3n) is 6.60. The molecule has 1 aromatic heterocycles. The van der Waals surface area contributed by atoms with E-state index < -0.39 is 17.6 Å². The zero-order valence-electron chi connectivity index (χ0n) is 18.6. The SMILES string of the molecule is O=C(NCC(=O)N(C1CCC(n2ccc(=O)cc2)CC1)C1CNC1)c1cccc(C(F)(F)F)c1. The summed E-state index contributed by atoms with van der Waals surface area (Å²) in [5.74, 6) is -0.952. The molecule has 10 heteroatoms. The third kappa shape index (κ3) is 5.49. The Kier molecular flexibility index (Phi) is 7.06. The molecule has 2 fully saturated rings. The topological polar surface area (TPSA) is 83.4 Å². The predicted molar refractivity (Wildman–Crippen MR) is 119 cm³/mol. The summed E-state index contributed by atoms with van der Waals surface area (Å²) in [5.41, 5.74) is -1.08. The van der Waals surface area contributed by atoms with Gasteiger partial charge in [0, 0.05) is 55.3 Å². The van der Waals surface area contributed by atoms with E-state index in [0.717, 1.165) is 37.8 Å². The molecule has 0 bridgehead atoms. The number of amides is 2. The first-order chi connectivity index (χ1) is 16.2. The molecule has 2 amide bonds. The van der Waals surface area contributed by atoms with E-state index in [1.54, 1.807) is 12.4 Å². The standard InChI is InChI=1S/C24H27F3N4O3/c25-24(26,27)17-3-1-2-16(12-17)23(34)29-15-22(33)31(20-13-28-14-20)19-6-4-18(5-7-19)30-10-8-21(32)9-11-30/h1-3,8-12,18-20,28H,4-7,13-15H2,(H,29,34). The van der Waals surface area contributed by atoms with E-state index in [0.29, 0.717) is 13.1 Å². The van der Waals surface area contributed by atoms with Crippen molar-refractivity contribution in [2.75, 3.05) is 19.6 Å². The molecule has 2 heterocycles. The molecule has 1 aliphatic carbocycles. The maximum absolute atomic E-state index is 13.1. The van der Waals surface area contributed by atoms with E-state index in [-0.39, 0.29) is 41.6 Å². The number of benzene rings is 1. The van der Waals surface area contributed by atoms with Crippen molar-refractivity contribution in [1.82, 2.24) is 20.1 Å². The van der Waals surface area contributed by atoms with Crippen molar-refractivity contribution in [2.45, 2.75) is 50.0 Å². The van der Waals surface area contributed by atoms with Gasteiger partial charge in [0.15, 0.2) is 5.43 Å². The van der Waals surface area contributed by atoms with Gasteiger partial charge in [-0.2, -0.15) is 13.2 Å². The van der Waals surface area contributed by atoms with Crippen molar-refractivity contribution in [3.63, 3.8) is 0 Å². The molecule has 0 spiro atoms. The number of hydrogen-bond acceptors (Lipinski definition) is 4. The molecule has 0 atom stereocenters. The minimum atomic E-state index is -4.55. The number of aromatic nitrogens is 1. The van der Waals surface area contributed by atoms with Crippen molar-refractivity contribution in [3.8, 4) is 0 Å². The second kappa shape index (κ2) is 10.0. The quantitative estimate of drug-likeness (QED) is 0.672. The van der Waals surface area contributed by atoms with Crippen LogP contribution in [0.1, 0.15) is 47.6 Å². The van der Waals surface area contributed by atoms with Crippen LogP contribution in [0.5, 0.6) is 0 Å². The van der Waals surface area contributed by atoms with E-state index in [2.05, 4.69) is 10.6 Å². The maximum atomic E-state index is 13.1. The van der Waals surface area contributed by atoms with Crippen LogP contribution in [-0.4, -0.2) is 53.0 Å². The molecular formula is C24H27F3N4O3. The van der Waals surface area contributed by atoms with Crippen molar-refractivity contribution in [1.29, 1.82) is 0 Å². The summed E-state index contributed by atoms with van der Waals surface area (Å²) < 4.78 is 40.8. The van der Waals surface area contributed by atoms with Crippen LogP contribution in [0.15, 0.2) is 53.6 Å². The molecular weight excluding hydrogens is 449 g/mol. The number of carbonyl (C=O) groups excluding carboxylic acids is 2. The molecule has 0 radical (unpaired) electrons. The summed E-state index contributed by atoms with van der Waals surface area (Å²) in [6.45, 7) is 1.07. The minimum absolute atomic E-state index is 0.0284. The predicted octanol–water partition coefficient (Wildman–Crippen LogP) is 2.58. The fraction of sp³-hybridized carbons (Fsp3) is 0.458. The average Bonchev–Trinajstić information content (AvgIpc) is 2.80. The summed E-state index contributed by atoms with van der Waals surface area (Å²) in [7, 11) is 0. The highest BCUT2D eigenvalue weighted by Crippen LogP contribution is 2.32. The molecule has 7 nitrogen and oxygen atoms in total. The molecule has 182 valence electrons. The molecule has 4 rings (SSSR count). The first-order valence-electron chi connectivity index (χ1n) is 11.4. The van der Waals surface area contributed by atoms with E-state index >= 15 is 0 Å². The zero-order chi connectivity index (χ0) is 24.3. The minimum Gasteiger partial charge on any atom is -0.351 e. The third-order valence-corrected chi connectivity index (χ3v) is 6.60. The lowest BCUT2D eigenvalue weighted by Crippen LogP contribution is -2.63. The number of pyridine rings is 1. The highest BCUT2D eigenvalue weighted by Gasteiger charge is 2.36. The van der Waals surface area contributed by atoms with E-state index in [4.69, 9.17) is 0 Å². The summed E-state index contributed by atoms with van der Waals surface area (Å²) in [5, 5.41) is 5.65. The highest BCUT2D eigenvalue weighted by molar-refractivity contribution is 5.96. The van der Waals surface area contributed by atoms with Crippen LogP contribution in [-0.2, 0) is 11.0 Å². The van der Waals surface area contributed by atoms with Gasteiger partial charge in [0.05, 0.1) is 18.2 Å². The van der Waals surface area contributed by atoms with Crippen LogP contribution in [0.3, 0.4) is 0 Å². The molecule has 34 heavy (non-hydrogen) atoms. The Morgan fingerprint density at radius 1 is 1.03 bits per heavy atom. The Balaban J connectivity index is 1.37. The molecule has 2 aliphatic rings. The molecule has 2 N–H and O–H groups in total. The van der Waals surface area contributed by atoms with E-state index in [1.165, 1.54) is 24.3 Å². The van der Waals surface area contributed by atoms with Gasteiger partial charge in [-0.15, -0.1) is 0 Å². The van der Waals surface area contributed by atoms with Gasteiger partial charge in [-0.05, 0) is 43.9 Å². The molecule has 1 saturated carbocycles. The Morgan fingerprint density at radius 2 is 1.71 bits per heavy atom. The molecule has 1 aliphatic heterocycles. The lowest BCUT2D eigenvalue weighted by molar-refractivity contribution is -0.138. The fourth-order valence-electron chi connectivity index (χ4n) is 4.66. The van der Waals surface area contributed by atoms with Crippen LogP contribution < -0.4 is 16.1 Å². The van der Waals surface area contributed by atoms with Gasteiger partial charge in [-0.3, -0.25) is 14.4 Å². The number of nitrogens with zero attached hydrogens (tertiary/aromatic N) is 2. The van der Waals surface area contributed by atoms with Crippen molar-refractivity contribution >= 4 is 11.8 Å². The largest absolute Gasteiger partial charge is 0.416 e. The average molecular weight is 476 g/mol. The summed E-state index contributed by atoms with van der Waals surface area (Å²) >= 11 is 0. The molecule has 2 aromatic rings. The number of alkyl halides is 3. The number of hydrogen-bond donors (Lipinski definition) is 2. The smallest absolute Gasteiger partial charge is 0.351 e. The first kappa shape index (κ1) is 24.0. The van der Waals surface area contributed by atoms with Gasteiger partial charge < -0.3 is 20.1 Å². The Hall–Kier alpha value is -3.14. The van der Waals surface area contributed by atoms with Crippen molar-refractivity contribution in [2.24, 2.45) is 0 Å². The lowest BCUT2D eigenvalue weighted by atomic mass is 9.88. The monoisotopic (exact) mass is 476 g/mol. The number of nitrogens with one attached hydrogen (secondary N) is 2. The van der Waals surface area contributed by atoms with Crippen molar-refractivity contribution in [3.05, 3.63) is 70.1 Å². The van der Waals surface area contributed by atoms with E-state index in [9.17, 15) is 27.6 Å². The summed E-state index contributed by atoms with van der Waals surface area (Å²) in [6, 6.07) is 7.54. The fourth-order valence-corrected chi connectivity index (χ4v) is 4.66. The summed E-state index contributed by atoms with van der Waals surface area (Å²) in [6.07, 6.45) is 2.32. The Labute approximate surface area is 194 Å². The van der Waals surface area contributed by atoms with Crippen LogP contribution in [0.4, 0.5) is 13.2 Å². The van der Waals surface area contributed by atoms with Crippen LogP contribution in [0.25, 0.3) is 0 Å². The van der Waals surface area contributed by atoms with Gasteiger partial charge in [0.2, 0.25) is 5.91 Å². The van der Waals surface area contributed by atoms with Gasteiger partial charge in [0.25, 0.3) is 5.91 Å². The van der Waals surface area contributed by atoms with Gasteiger partial charge in [-0.25, -0.2) is 0 Å². The normalized spacial score (nSPS) is 20.9. The second-order valence-corrected chi connectivity index (χ2v) is 8.82. The van der Waals surface area contributed by atoms with Gasteiger partial charge in [0.1, 0.15) is 0 Å². The van der Waals surface area contributed by atoms with Crippen LogP contribution >= 0.6 is 0 Å². The van der Waals surface area contributed by atoms with Gasteiger partial charge >= 0.3 is 6.18 Å². The Bertz CT molecular complexity index is 1070. The van der Waals surface area contributed by atoms with E-state index in [1.807, 2.05) is 9.47 Å². The Morgan fingerprint density at radius 3 is 2.29 bits per heavy atom. The number of carbonyl (C=O) groups is 2. The maximum Gasteiger partial charge on any atom is 0.416 e. The highest BCUT2D eigenvalue weighted by atomic mass is 19.4. The number of halogens is 3. The van der Waals surface area contributed by atoms with Crippen LogP contribution in [0, 0.1) is 0 Å². The molecule has 1 aromatic carbocycles. The van der Waals surface area contributed by atoms with Crippen LogP contribution in [0.2, 0.25) is 0 Å². The molecule has 1 saturated heterocycles. The molecule has 0 unspecified atom stereocenters.